The number of aliphatic carboxylic acids is 1. The first kappa shape index (κ1) is 61.4. The number of aromatic nitrogens is 2. The number of nitrogens with one attached hydrogen (secondary N) is 1. The van der Waals surface area contributed by atoms with Crippen molar-refractivity contribution >= 4 is 34.6 Å². The van der Waals surface area contributed by atoms with Crippen LogP contribution in [0.1, 0.15) is 126 Å². The zero-order valence-corrected chi connectivity index (χ0v) is 44.8. The number of hydrogen-bond acceptors (Lipinski definition) is 13. The van der Waals surface area contributed by atoms with E-state index in [4.69, 9.17) is 14.6 Å². The average molecular weight is 1120 g/mol. The molecule has 0 unspecified atom stereocenters. The summed E-state index contributed by atoms with van der Waals surface area (Å²) in [5, 5.41) is 33.3. The van der Waals surface area contributed by atoms with E-state index in [2.05, 4.69) is 32.0 Å². The number of nitro groups is 2. The van der Waals surface area contributed by atoms with Crippen molar-refractivity contribution in [2.24, 2.45) is 11.8 Å². The molecule has 0 atom stereocenters. The molecule has 0 bridgehead atoms. The number of carboxylic acid groups (broad SMARTS) is 1. The summed E-state index contributed by atoms with van der Waals surface area (Å²) < 4.78 is 92.1. The number of benzene rings is 2. The van der Waals surface area contributed by atoms with Crippen molar-refractivity contribution < 1.29 is 60.4 Å². The average Bonchev–Trinajstić information content (AvgIpc) is 3.45. The summed E-state index contributed by atoms with van der Waals surface area (Å²) in [6, 6.07) is 10.6. The number of anilines is 2. The second kappa shape index (κ2) is 29.4. The van der Waals surface area contributed by atoms with Crippen LogP contribution in [0.15, 0.2) is 73.3 Å². The van der Waals surface area contributed by atoms with Crippen LogP contribution in [0.5, 0.6) is 11.5 Å². The van der Waals surface area contributed by atoms with Crippen LogP contribution in [0.4, 0.5) is 49.1 Å². The minimum Gasteiger partial charge on any atom is -0.489 e. The minimum atomic E-state index is -4.77. The van der Waals surface area contributed by atoms with Gasteiger partial charge in [0.25, 0.3) is 11.4 Å². The quantitative estimate of drug-likeness (QED) is 0.0540. The topological polar surface area (TPSA) is 207 Å². The van der Waals surface area contributed by atoms with Crippen molar-refractivity contribution in [2.75, 3.05) is 62.2 Å². The van der Waals surface area contributed by atoms with Gasteiger partial charge in [0.1, 0.15) is 22.6 Å². The summed E-state index contributed by atoms with van der Waals surface area (Å²) in [6.07, 6.45) is 9.49. The van der Waals surface area contributed by atoms with Crippen molar-refractivity contribution in [3.05, 3.63) is 116 Å². The number of carbonyl (C=O) groups excluding carboxylic acids is 1. The molecular weight excluding hydrogens is 1040 g/mol. The molecule has 1 amide bonds. The molecule has 2 aromatic carbocycles. The maximum absolute atomic E-state index is 13.3. The maximum atomic E-state index is 13.3. The fourth-order valence-corrected chi connectivity index (χ4v) is 10.4. The molecule has 2 aliphatic heterocycles. The Hall–Kier alpha value is -6.78. The van der Waals surface area contributed by atoms with Crippen LogP contribution in [0.3, 0.4) is 0 Å². The number of rotatable bonds is 18. The molecule has 2 aliphatic carbocycles. The highest BCUT2D eigenvalue weighted by molar-refractivity contribution is 5.76. The minimum absolute atomic E-state index is 0.00562. The Bertz CT molecular complexity index is 2620. The second-order valence-electron chi connectivity index (χ2n) is 20.6. The van der Waals surface area contributed by atoms with E-state index in [-0.39, 0.29) is 30.0 Å². The Balaban J connectivity index is 0.000000230. The number of pyridine rings is 2. The van der Waals surface area contributed by atoms with Crippen LogP contribution in [-0.2, 0) is 34.8 Å². The zero-order chi connectivity index (χ0) is 57.1. The summed E-state index contributed by atoms with van der Waals surface area (Å²) in [7, 11) is 0. The lowest BCUT2D eigenvalue weighted by atomic mass is 9.83. The van der Waals surface area contributed by atoms with Gasteiger partial charge in [-0.3, -0.25) is 39.8 Å². The number of nitro benzene ring substituents is 2. The molecule has 8 rings (SSSR count). The lowest BCUT2D eigenvalue weighted by Gasteiger charge is -2.36. The van der Waals surface area contributed by atoms with Gasteiger partial charge in [-0.25, -0.2) is 0 Å². The zero-order valence-electron chi connectivity index (χ0n) is 44.8. The van der Waals surface area contributed by atoms with Gasteiger partial charge in [0.15, 0.2) is 0 Å². The molecule has 17 nitrogen and oxygen atoms in total. The second-order valence-corrected chi connectivity index (χ2v) is 20.6. The lowest BCUT2D eigenvalue weighted by Crippen LogP contribution is -2.48. The van der Waals surface area contributed by atoms with Crippen LogP contribution in [0.2, 0.25) is 0 Å². The van der Waals surface area contributed by atoms with Gasteiger partial charge in [-0.2, -0.15) is 26.3 Å². The normalized spacial score (nSPS) is 19.7. The van der Waals surface area contributed by atoms with Crippen molar-refractivity contribution in [1.82, 2.24) is 20.2 Å². The predicted molar refractivity (Wildman–Crippen MR) is 285 cm³/mol. The Morgan fingerprint density at radius 3 is 1.42 bits per heavy atom. The van der Waals surface area contributed by atoms with Crippen LogP contribution in [-0.4, -0.2) is 106 Å². The highest BCUT2D eigenvalue weighted by atomic mass is 19.4. The molecular formula is C56H72F6N8O9. The van der Waals surface area contributed by atoms with Gasteiger partial charge in [-0.05, 0) is 112 Å². The van der Waals surface area contributed by atoms with E-state index in [0.29, 0.717) is 55.6 Å². The summed E-state index contributed by atoms with van der Waals surface area (Å²) in [4.78, 5) is 57.1. The molecule has 4 heterocycles. The summed E-state index contributed by atoms with van der Waals surface area (Å²) in [5.74, 6) is 1.35. The van der Waals surface area contributed by atoms with Crippen molar-refractivity contribution in [1.29, 1.82) is 0 Å². The molecule has 0 spiro atoms. The first-order valence-corrected chi connectivity index (χ1v) is 27.3. The number of amides is 1. The van der Waals surface area contributed by atoms with E-state index in [0.717, 1.165) is 158 Å². The van der Waals surface area contributed by atoms with E-state index in [9.17, 15) is 56.2 Å². The van der Waals surface area contributed by atoms with Crippen LogP contribution >= 0.6 is 0 Å². The van der Waals surface area contributed by atoms with Crippen LogP contribution in [0, 0.1) is 32.1 Å². The number of piperazine rings is 2. The standard InChI is InChI=1S/C28H35F3N4O4.C23H27F3N4O3.C5H10O2/c1-2-3-4-27(36)34-13-11-33(12-14-34)22-17-24(19-32-18-22)39-23-8-5-20(6-9-23)15-21-7-10-26(35(37)38)25(16-21)28(29,30)31;24-23(25,26)21-12-17(3-6-22(21)30(31)32)11-16-1-4-19(5-2-16)33-20-13-18(14-28-15-20)29-9-7-27-8-10-29;1-2-3-4-5(6)7/h7,10,16-20,23H,2-6,8-9,11-15H2,1H3;3,6,12-16,19,27H,1-2,4-5,7-11H2;2-4H2,1H3,(H,6,7). The first-order chi connectivity index (χ1) is 37.7. The van der Waals surface area contributed by atoms with Gasteiger partial charge in [-0.15, -0.1) is 0 Å². The predicted octanol–water partition coefficient (Wildman–Crippen LogP) is 11.9. The third-order valence-corrected chi connectivity index (χ3v) is 14.7. The Labute approximate surface area is 456 Å². The molecule has 2 N–H and O–H groups in total. The van der Waals surface area contributed by atoms with E-state index in [1.165, 1.54) is 12.1 Å². The molecule has 4 fully saturated rings. The maximum Gasteiger partial charge on any atom is 0.423 e. The number of carbonyl (C=O) groups is 2. The lowest BCUT2D eigenvalue weighted by molar-refractivity contribution is -0.388. The van der Waals surface area contributed by atoms with E-state index < -0.39 is 50.7 Å². The van der Waals surface area contributed by atoms with E-state index in [1.807, 2.05) is 30.2 Å². The fraction of sp³-hybridized carbons (Fsp3) is 0.571. The number of ether oxygens (including phenoxy) is 2. The highest BCUT2D eigenvalue weighted by Gasteiger charge is 2.40. The van der Waals surface area contributed by atoms with Crippen molar-refractivity contribution in [3.63, 3.8) is 0 Å². The number of nitrogens with zero attached hydrogens (tertiary/aromatic N) is 7. The number of unbranched alkanes of at least 4 members (excludes halogenated alkanes) is 2. The summed E-state index contributed by atoms with van der Waals surface area (Å²) in [5.41, 5.74) is -1.26. The smallest absolute Gasteiger partial charge is 0.423 e. The van der Waals surface area contributed by atoms with E-state index >= 15 is 0 Å². The third kappa shape index (κ3) is 19.2. The monoisotopic (exact) mass is 1110 g/mol. The molecule has 0 radical (unpaired) electrons. The Kier molecular flexibility index (Phi) is 22.9. The SMILES string of the molecule is CCCCC(=O)N1CCN(c2cncc(OC3CCC(Cc4ccc([N+](=O)[O-])c(C(F)(F)F)c4)CC3)c2)CC1.CCCCC(=O)O.O=[N+]([O-])c1ccc(CC2CCC(Oc3cncc(N4CCNCC4)c3)CC2)cc1C(F)(F)F. The van der Waals surface area contributed by atoms with Crippen molar-refractivity contribution in [2.45, 2.75) is 141 Å². The number of alkyl halides is 6. The summed E-state index contributed by atoms with van der Waals surface area (Å²) >= 11 is 0. The van der Waals surface area contributed by atoms with Gasteiger partial charge in [-0.1, -0.05) is 38.8 Å². The molecule has 4 aromatic rings. The van der Waals surface area contributed by atoms with Crippen LogP contribution in [0.25, 0.3) is 0 Å². The largest absolute Gasteiger partial charge is 0.489 e. The highest BCUT2D eigenvalue weighted by Crippen LogP contribution is 2.40. The van der Waals surface area contributed by atoms with Crippen molar-refractivity contribution in [3.8, 4) is 11.5 Å². The molecule has 23 heteroatoms. The molecule has 2 aromatic heterocycles. The van der Waals surface area contributed by atoms with Gasteiger partial charge in [0.05, 0.1) is 58.2 Å². The van der Waals surface area contributed by atoms with Gasteiger partial charge in [0, 0.05) is 89.5 Å². The molecule has 4 aliphatic rings. The Morgan fingerprint density at radius 2 is 1.04 bits per heavy atom. The van der Waals surface area contributed by atoms with E-state index in [1.54, 1.807) is 18.6 Å². The third-order valence-electron chi connectivity index (χ3n) is 14.7. The molecule has 2 saturated heterocycles. The van der Waals surface area contributed by atoms with Gasteiger partial charge >= 0.3 is 18.3 Å². The number of carboxylic acids is 1. The van der Waals surface area contributed by atoms with Crippen LogP contribution < -0.4 is 24.6 Å². The van der Waals surface area contributed by atoms with Gasteiger partial charge in [0.2, 0.25) is 5.91 Å². The van der Waals surface area contributed by atoms with Gasteiger partial charge < -0.3 is 34.6 Å². The molecule has 2 saturated carbocycles. The fourth-order valence-electron chi connectivity index (χ4n) is 10.4. The summed E-state index contributed by atoms with van der Waals surface area (Å²) in [6.45, 7) is 10.7. The Morgan fingerprint density at radius 1 is 0.620 bits per heavy atom. The molecule has 432 valence electrons. The number of halogens is 6. The first-order valence-electron chi connectivity index (χ1n) is 27.3. The number of hydrogen-bond donors (Lipinski definition) is 2. The molecule has 79 heavy (non-hydrogen) atoms.